The lowest BCUT2D eigenvalue weighted by atomic mass is 9.61. The SMILES string of the molecule is COCC1CC2CN(C)CC2C(C2C(COC)CC3CN(C)CC32)C1. The molecule has 0 bridgehead atoms. The molecule has 0 spiro atoms. The minimum Gasteiger partial charge on any atom is -0.384 e. The number of ether oxygens (including phenoxy) is 2. The molecule has 2 aliphatic carbocycles. The molecule has 8 atom stereocenters. The highest BCUT2D eigenvalue weighted by molar-refractivity contribution is 5.04. The molecular weight excluding hydrogens is 312 g/mol. The summed E-state index contributed by atoms with van der Waals surface area (Å²) in [6.45, 7) is 7.17. The van der Waals surface area contributed by atoms with E-state index < -0.39 is 0 Å². The molecule has 144 valence electrons. The van der Waals surface area contributed by atoms with E-state index in [-0.39, 0.29) is 0 Å². The molecule has 25 heavy (non-hydrogen) atoms. The van der Waals surface area contributed by atoms with Gasteiger partial charge in [-0.3, -0.25) is 0 Å². The Morgan fingerprint density at radius 1 is 0.720 bits per heavy atom. The second kappa shape index (κ2) is 7.46. The molecule has 4 heteroatoms. The van der Waals surface area contributed by atoms with Gasteiger partial charge in [0.25, 0.3) is 0 Å². The molecular formula is C21H38N2O2. The van der Waals surface area contributed by atoms with Crippen LogP contribution in [0.5, 0.6) is 0 Å². The fourth-order valence-corrected chi connectivity index (χ4v) is 7.51. The molecule has 2 saturated heterocycles. The number of hydrogen-bond acceptors (Lipinski definition) is 4. The number of likely N-dealkylation sites (tertiary alicyclic amines) is 2. The van der Waals surface area contributed by atoms with Crippen LogP contribution in [0.3, 0.4) is 0 Å². The van der Waals surface area contributed by atoms with E-state index in [1.165, 1.54) is 45.4 Å². The van der Waals surface area contributed by atoms with Crippen molar-refractivity contribution in [2.24, 2.45) is 47.3 Å². The molecule has 8 unspecified atom stereocenters. The quantitative estimate of drug-likeness (QED) is 0.760. The number of rotatable bonds is 5. The van der Waals surface area contributed by atoms with Gasteiger partial charge in [0.05, 0.1) is 0 Å². The zero-order chi connectivity index (χ0) is 17.6. The van der Waals surface area contributed by atoms with Crippen molar-refractivity contribution in [3.63, 3.8) is 0 Å². The van der Waals surface area contributed by atoms with E-state index in [1.807, 2.05) is 14.2 Å². The van der Waals surface area contributed by atoms with Crippen molar-refractivity contribution in [2.45, 2.75) is 19.3 Å². The molecule has 2 heterocycles. The van der Waals surface area contributed by atoms with Crippen molar-refractivity contribution in [2.75, 3.05) is 67.7 Å². The average Bonchev–Trinajstić information content (AvgIpc) is 3.18. The molecule has 2 saturated carbocycles. The molecule has 0 aromatic carbocycles. The molecule has 0 N–H and O–H groups in total. The van der Waals surface area contributed by atoms with Gasteiger partial charge in [0, 0.05) is 53.6 Å². The number of fused-ring (bicyclic) bond motifs is 2. The van der Waals surface area contributed by atoms with E-state index in [2.05, 4.69) is 23.9 Å². The first-order chi connectivity index (χ1) is 12.1. The van der Waals surface area contributed by atoms with Gasteiger partial charge >= 0.3 is 0 Å². The molecule has 4 aliphatic rings. The summed E-state index contributed by atoms with van der Waals surface area (Å²) in [5.41, 5.74) is 0. The largest absolute Gasteiger partial charge is 0.384 e. The molecule has 2 aliphatic heterocycles. The van der Waals surface area contributed by atoms with E-state index in [4.69, 9.17) is 9.47 Å². The van der Waals surface area contributed by atoms with E-state index in [9.17, 15) is 0 Å². The van der Waals surface area contributed by atoms with Gasteiger partial charge in [-0.15, -0.1) is 0 Å². The third-order valence-electron chi connectivity index (χ3n) is 8.06. The smallest absolute Gasteiger partial charge is 0.0493 e. The van der Waals surface area contributed by atoms with Gasteiger partial charge in [-0.2, -0.15) is 0 Å². The van der Waals surface area contributed by atoms with Gasteiger partial charge in [0.1, 0.15) is 0 Å². The first kappa shape index (κ1) is 18.2. The maximum absolute atomic E-state index is 5.70. The van der Waals surface area contributed by atoms with Crippen LogP contribution in [0, 0.1) is 47.3 Å². The van der Waals surface area contributed by atoms with Crippen molar-refractivity contribution < 1.29 is 9.47 Å². The second-order valence-corrected chi connectivity index (χ2v) is 9.78. The highest BCUT2D eigenvalue weighted by atomic mass is 16.5. The summed E-state index contributed by atoms with van der Waals surface area (Å²) >= 11 is 0. The van der Waals surface area contributed by atoms with Crippen LogP contribution in [0.1, 0.15) is 19.3 Å². The summed E-state index contributed by atoms with van der Waals surface area (Å²) < 4.78 is 11.3. The normalized spacial score (nSPS) is 48.0. The maximum Gasteiger partial charge on any atom is 0.0493 e. The average molecular weight is 351 g/mol. The summed E-state index contributed by atoms with van der Waals surface area (Å²) in [7, 11) is 8.43. The Labute approximate surface area is 154 Å². The second-order valence-electron chi connectivity index (χ2n) is 9.78. The Morgan fingerprint density at radius 3 is 2.04 bits per heavy atom. The van der Waals surface area contributed by atoms with Crippen molar-refractivity contribution in [3.8, 4) is 0 Å². The molecule has 0 radical (unpaired) electrons. The zero-order valence-electron chi connectivity index (χ0n) is 16.7. The van der Waals surface area contributed by atoms with Crippen molar-refractivity contribution in [1.29, 1.82) is 0 Å². The van der Waals surface area contributed by atoms with Crippen LogP contribution in [0.2, 0.25) is 0 Å². The number of methoxy groups -OCH3 is 2. The predicted octanol–water partition coefficient (Wildman–Crippen LogP) is 2.30. The van der Waals surface area contributed by atoms with Gasteiger partial charge in [0.15, 0.2) is 0 Å². The Hall–Kier alpha value is -0.160. The first-order valence-electron chi connectivity index (χ1n) is 10.5. The Balaban J connectivity index is 1.59. The minimum atomic E-state index is 0.768. The van der Waals surface area contributed by atoms with Crippen molar-refractivity contribution >= 4 is 0 Å². The topological polar surface area (TPSA) is 24.9 Å². The number of nitrogens with zero attached hydrogens (tertiary/aromatic N) is 2. The highest BCUT2D eigenvalue weighted by Crippen LogP contribution is 2.56. The van der Waals surface area contributed by atoms with Gasteiger partial charge < -0.3 is 19.3 Å². The van der Waals surface area contributed by atoms with Crippen LogP contribution in [0.15, 0.2) is 0 Å². The summed E-state index contributed by atoms with van der Waals surface area (Å²) in [6.07, 6.45) is 4.17. The lowest BCUT2D eigenvalue weighted by Gasteiger charge is -2.44. The van der Waals surface area contributed by atoms with Gasteiger partial charge in [-0.25, -0.2) is 0 Å². The Bertz CT molecular complexity index is 459. The summed E-state index contributed by atoms with van der Waals surface area (Å²) in [6, 6.07) is 0. The van der Waals surface area contributed by atoms with Crippen molar-refractivity contribution in [3.05, 3.63) is 0 Å². The predicted molar refractivity (Wildman–Crippen MR) is 101 cm³/mol. The molecule has 4 rings (SSSR count). The molecule has 0 aromatic rings. The van der Waals surface area contributed by atoms with Crippen LogP contribution in [-0.2, 0) is 9.47 Å². The maximum atomic E-state index is 5.70. The molecule has 4 nitrogen and oxygen atoms in total. The first-order valence-corrected chi connectivity index (χ1v) is 10.5. The highest BCUT2D eigenvalue weighted by Gasteiger charge is 2.54. The standard InChI is InChI=1S/C21H38N2O2/c1-22-8-15-5-14(12-24-3)6-18(19(15)10-22)21-17(13-25-4)7-16-9-23(2)11-20(16)21/h14-21H,5-13H2,1-4H3. The lowest BCUT2D eigenvalue weighted by molar-refractivity contribution is 0.00784. The monoisotopic (exact) mass is 350 g/mol. The van der Waals surface area contributed by atoms with E-state index >= 15 is 0 Å². The van der Waals surface area contributed by atoms with E-state index in [1.54, 1.807) is 0 Å². The fourth-order valence-electron chi connectivity index (χ4n) is 7.51. The van der Waals surface area contributed by atoms with E-state index in [0.717, 1.165) is 60.6 Å². The lowest BCUT2D eigenvalue weighted by Crippen LogP contribution is -2.42. The number of hydrogen-bond donors (Lipinski definition) is 0. The van der Waals surface area contributed by atoms with Crippen LogP contribution in [0.4, 0.5) is 0 Å². The van der Waals surface area contributed by atoms with Crippen molar-refractivity contribution in [1.82, 2.24) is 9.80 Å². The van der Waals surface area contributed by atoms with Gasteiger partial charge in [-0.1, -0.05) is 0 Å². The van der Waals surface area contributed by atoms with Gasteiger partial charge in [0.2, 0.25) is 0 Å². The fraction of sp³-hybridized carbons (Fsp3) is 1.00. The van der Waals surface area contributed by atoms with Crippen LogP contribution in [-0.4, -0.2) is 77.5 Å². The summed E-state index contributed by atoms with van der Waals surface area (Å²) in [5.74, 6) is 6.92. The molecule has 4 fully saturated rings. The van der Waals surface area contributed by atoms with Gasteiger partial charge in [-0.05, 0) is 80.7 Å². The van der Waals surface area contributed by atoms with Crippen LogP contribution >= 0.6 is 0 Å². The third-order valence-corrected chi connectivity index (χ3v) is 8.06. The molecule has 0 aromatic heterocycles. The van der Waals surface area contributed by atoms with E-state index in [0.29, 0.717) is 0 Å². The Morgan fingerprint density at radius 2 is 1.36 bits per heavy atom. The summed E-state index contributed by atoms with van der Waals surface area (Å²) in [4.78, 5) is 5.18. The molecule has 0 amide bonds. The minimum absolute atomic E-state index is 0.768. The Kier molecular flexibility index (Phi) is 5.43. The summed E-state index contributed by atoms with van der Waals surface area (Å²) in [5, 5.41) is 0. The van der Waals surface area contributed by atoms with Crippen LogP contribution in [0.25, 0.3) is 0 Å². The zero-order valence-corrected chi connectivity index (χ0v) is 16.7. The van der Waals surface area contributed by atoms with Crippen LogP contribution < -0.4 is 0 Å². The third kappa shape index (κ3) is 3.40.